The molecule has 0 bridgehead atoms. The van der Waals surface area contributed by atoms with Crippen molar-refractivity contribution in [3.63, 3.8) is 0 Å². The van der Waals surface area contributed by atoms with Gasteiger partial charge in [-0.3, -0.25) is 9.89 Å². The Morgan fingerprint density at radius 3 is 2.77 bits per heavy atom. The van der Waals surface area contributed by atoms with Crippen molar-refractivity contribution in [2.45, 2.75) is 32.9 Å². The molecule has 0 saturated carbocycles. The second kappa shape index (κ2) is 9.67. The zero-order chi connectivity index (χ0) is 24.5. The van der Waals surface area contributed by atoms with Crippen LogP contribution in [0.1, 0.15) is 30.7 Å². The molecule has 5 rings (SSSR count). The number of fused-ring (bicyclic) bond motifs is 1. The van der Waals surface area contributed by atoms with Crippen molar-refractivity contribution in [1.82, 2.24) is 25.2 Å². The van der Waals surface area contributed by atoms with Crippen molar-refractivity contribution >= 4 is 23.2 Å². The number of nitrogen functional groups attached to an aromatic ring is 1. The van der Waals surface area contributed by atoms with Crippen LogP contribution in [0.4, 0.5) is 21.8 Å². The van der Waals surface area contributed by atoms with E-state index in [1.807, 2.05) is 12.1 Å². The number of nitrogens with zero attached hydrogens (tertiary/aromatic N) is 5. The Morgan fingerprint density at radius 1 is 1.23 bits per heavy atom. The summed E-state index contributed by atoms with van der Waals surface area (Å²) in [6.45, 7) is 8.15. The van der Waals surface area contributed by atoms with E-state index in [0.29, 0.717) is 29.1 Å². The van der Waals surface area contributed by atoms with E-state index in [1.165, 1.54) is 11.8 Å². The SMILES string of the molecule is CN=C(c1cc(-c2nc(Nc3ccc4c(n3)CCN(C3CNC3)C4)ncc2F)ccc1N)C(C)C. The quantitative estimate of drug-likeness (QED) is 0.371. The lowest BCUT2D eigenvalue weighted by Gasteiger charge is -2.40. The van der Waals surface area contributed by atoms with Gasteiger partial charge in [0.1, 0.15) is 11.5 Å². The predicted molar refractivity (Wildman–Crippen MR) is 137 cm³/mol. The third-order valence-corrected chi connectivity index (χ3v) is 6.73. The van der Waals surface area contributed by atoms with E-state index in [0.717, 1.165) is 49.6 Å². The first-order valence-corrected chi connectivity index (χ1v) is 12.0. The molecular weight excluding hydrogens is 443 g/mol. The summed E-state index contributed by atoms with van der Waals surface area (Å²) < 4.78 is 14.8. The average Bonchev–Trinajstić information content (AvgIpc) is 2.81. The maximum absolute atomic E-state index is 14.8. The van der Waals surface area contributed by atoms with Gasteiger partial charge in [-0.1, -0.05) is 26.0 Å². The van der Waals surface area contributed by atoms with E-state index in [2.05, 4.69) is 50.4 Å². The van der Waals surface area contributed by atoms with Crippen molar-refractivity contribution in [3.8, 4) is 11.3 Å². The van der Waals surface area contributed by atoms with Crippen LogP contribution in [0.25, 0.3) is 11.3 Å². The Balaban J connectivity index is 1.39. The number of benzene rings is 1. The first kappa shape index (κ1) is 23.3. The average molecular weight is 475 g/mol. The lowest BCUT2D eigenvalue weighted by molar-refractivity contribution is 0.130. The highest BCUT2D eigenvalue weighted by atomic mass is 19.1. The Hall–Kier alpha value is -3.43. The van der Waals surface area contributed by atoms with Crippen LogP contribution in [0, 0.1) is 11.7 Å². The van der Waals surface area contributed by atoms with Crippen LogP contribution in [0.3, 0.4) is 0 Å². The molecule has 8 nitrogen and oxygen atoms in total. The topological polar surface area (TPSA) is 104 Å². The second-order valence-electron chi connectivity index (χ2n) is 9.42. The molecule has 3 aromatic rings. The van der Waals surface area contributed by atoms with Crippen LogP contribution in [-0.4, -0.2) is 58.3 Å². The predicted octanol–water partition coefficient (Wildman–Crippen LogP) is 3.41. The second-order valence-corrected chi connectivity index (χ2v) is 9.42. The van der Waals surface area contributed by atoms with Crippen molar-refractivity contribution in [2.24, 2.45) is 10.9 Å². The fraction of sp³-hybridized carbons (Fsp3) is 0.385. The monoisotopic (exact) mass is 474 g/mol. The molecule has 0 amide bonds. The number of nitrogens with two attached hydrogens (primary N) is 1. The minimum atomic E-state index is -0.505. The summed E-state index contributed by atoms with van der Waals surface area (Å²) in [5.41, 5.74) is 11.6. The summed E-state index contributed by atoms with van der Waals surface area (Å²) in [5, 5.41) is 6.49. The van der Waals surface area contributed by atoms with Crippen molar-refractivity contribution in [1.29, 1.82) is 0 Å². The lowest BCUT2D eigenvalue weighted by Crippen LogP contribution is -2.58. The molecule has 1 saturated heterocycles. The van der Waals surface area contributed by atoms with Gasteiger partial charge in [-0.05, 0) is 29.7 Å². The van der Waals surface area contributed by atoms with Gasteiger partial charge in [-0.15, -0.1) is 0 Å². The first-order valence-electron chi connectivity index (χ1n) is 12.0. The van der Waals surface area contributed by atoms with E-state index in [1.54, 1.807) is 19.2 Å². The maximum Gasteiger partial charge on any atom is 0.229 e. The molecule has 0 aliphatic carbocycles. The minimum absolute atomic E-state index is 0.178. The Labute approximate surface area is 204 Å². The molecule has 0 radical (unpaired) electrons. The highest BCUT2D eigenvalue weighted by molar-refractivity contribution is 6.06. The molecule has 2 aromatic heterocycles. The van der Waals surface area contributed by atoms with Gasteiger partial charge in [-0.2, -0.15) is 0 Å². The van der Waals surface area contributed by atoms with Gasteiger partial charge in [0, 0.05) is 73.9 Å². The van der Waals surface area contributed by atoms with Crippen LogP contribution in [-0.2, 0) is 13.0 Å². The van der Waals surface area contributed by atoms with E-state index in [-0.39, 0.29) is 11.6 Å². The standard InChI is InChI=1S/C26H31FN8/c1-15(2)24(29-3)19-10-16(4-6-21(19)28)25-20(27)13-31-26(34-25)33-23-7-5-17-14-35(18-11-30-12-18)9-8-22(17)32-23/h4-7,10,13,15,18,30H,8-9,11-12,14,28H2,1-3H3,(H,31,32,33,34). The minimum Gasteiger partial charge on any atom is -0.398 e. The molecule has 4 N–H and O–H groups in total. The zero-order valence-electron chi connectivity index (χ0n) is 20.3. The Bertz CT molecular complexity index is 1270. The van der Waals surface area contributed by atoms with Gasteiger partial charge in [0.05, 0.1) is 6.20 Å². The van der Waals surface area contributed by atoms with Crippen LogP contribution >= 0.6 is 0 Å². The van der Waals surface area contributed by atoms with Gasteiger partial charge in [0.2, 0.25) is 5.95 Å². The molecule has 1 aromatic carbocycles. The first-order chi connectivity index (χ1) is 16.9. The fourth-order valence-corrected chi connectivity index (χ4v) is 4.71. The van der Waals surface area contributed by atoms with E-state index in [9.17, 15) is 4.39 Å². The molecule has 9 heteroatoms. The van der Waals surface area contributed by atoms with Crippen molar-refractivity contribution in [3.05, 3.63) is 59.2 Å². The van der Waals surface area contributed by atoms with Gasteiger partial charge in [0.15, 0.2) is 5.82 Å². The summed E-state index contributed by atoms with van der Waals surface area (Å²) in [6, 6.07) is 10.0. The molecule has 4 heterocycles. The van der Waals surface area contributed by atoms with Gasteiger partial charge in [-0.25, -0.2) is 19.3 Å². The van der Waals surface area contributed by atoms with Crippen LogP contribution < -0.4 is 16.4 Å². The highest BCUT2D eigenvalue weighted by Crippen LogP contribution is 2.28. The summed E-state index contributed by atoms with van der Waals surface area (Å²) in [7, 11) is 1.74. The van der Waals surface area contributed by atoms with Gasteiger partial charge >= 0.3 is 0 Å². The normalized spacial score (nSPS) is 16.8. The van der Waals surface area contributed by atoms with Crippen LogP contribution in [0.5, 0.6) is 0 Å². The molecule has 0 atom stereocenters. The smallest absolute Gasteiger partial charge is 0.229 e. The molecule has 35 heavy (non-hydrogen) atoms. The van der Waals surface area contributed by atoms with E-state index >= 15 is 0 Å². The summed E-state index contributed by atoms with van der Waals surface area (Å²) in [4.78, 5) is 20.3. The summed E-state index contributed by atoms with van der Waals surface area (Å²) >= 11 is 0. The molecular formula is C26H31FN8. The number of hydrogen-bond donors (Lipinski definition) is 3. The zero-order valence-corrected chi connectivity index (χ0v) is 20.3. The van der Waals surface area contributed by atoms with Gasteiger partial charge in [0.25, 0.3) is 0 Å². The van der Waals surface area contributed by atoms with Crippen LogP contribution in [0.15, 0.2) is 41.5 Å². The van der Waals surface area contributed by atoms with E-state index in [4.69, 9.17) is 10.7 Å². The largest absolute Gasteiger partial charge is 0.398 e. The third kappa shape index (κ3) is 4.74. The highest BCUT2D eigenvalue weighted by Gasteiger charge is 2.28. The lowest BCUT2D eigenvalue weighted by atomic mass is 9.95. The fourth-order valence-electron chi connectivity index (χ4n) is 4.71. The molecule has 182 valence electrons. The number of halogens is 1. The number of anilines is 3. The molecule has 2 aliphatic heterocycles. The number of aromatic nitrogens is 3. The van der Waals surface area contributed by atoms with Crippen molar-refractivity contribution < 1.29 is 4.39 Å². The Kier molecular flexibility index (Phi) is 6.44. The molecule has 1 fully saturated rings. The third-order valence-electron chi connectivity index (χ3n) is 6.73. The summed E-state index contributed by atoms with van der Waals surface area (Å²) in [5.74, 6) is 0.615. The summed E-state index contributed by atoms with van der Waals surface area (Å²) in [6.07, 6.45) is 2.09. The van der Waals surface area contributed by atoms with Crippen molar-refractivity contribution in [2.75, 3.05) is 37.7 Å². The molecule has 0 unspecified atom stereocenters. The Morgan fingerprint density at radius 2 is 2.06 bits per heavy atom. The van der Waals surface area contributed by atoms with Gasteiger partial charge < -0.3 is 16.4 Å². The molecule has 0 spiro atoms. The van der Waals surface area contributed by atoms with E-state index < -0.39 is 5.82 Å². The van der Waals surface area contributed by atoms with Crippen LogP contribution in [0.2, 0.25) is 0 Å². The number of pyridine rings is 1. The maximum atomic E-state index is 14.8. The molecule has 2 aliphatic rings. The number of aliphatic imine (C=N–C) groups is 1. The number of hydrogen-bond acceptors (Lipinski definition) is 8. The number of rotatable bonds is 6. The number of nitrogens with one attached hydrogen (secondary N) is 2.